The Morgan fingerprint density at radius 2 is 1.86 bits per heavy atom. The molecule has 3 rings (SSSR count). The van der Waals surface area contributed by atoms with Crippen molar-refractivity contribution in [2.75, 3.05) is 0 Å². The van der Waals surface area contributed by atoms with E-state index in [0.29, 0.717) is 0 Å². The predicted molar refractivity (Wildman–Crippen MR) is 82.4 cm³/mol. The van der Waals surface area contributed by atoms with Crippen LogP contribution in [0.1, 0.15) is 17.0 Å². The average molecular weight is 297 g/mol. The normalized spacial score (nSPS) is 10.8. The Balaban J connectivity index is 1.71. The van der Waals surface area contributed by atoms with E-state index in [1.54, 1.807) is 28.8 Å². The number of hydrogen-bond donors (Lipinski definition) is 0. The molecule has 0 aliphatic heterocycles. The lowest BCUT2D eigenvalue weighted by Gasteiger charge is -2.04. The van der Waals surface area contributed by atoms with Crippen LogP contribution in [-0.4, -0.2) is 25.0 Å². The molecule has 0 fully saturated rings. The van der Waals surface area contributed by atoms with Gasteiger partial charge < -0.3 is 0 Å². The van der Waals surface area contributed by atoms with Gasteiger partial charge in [0, 0.05) is 23.8 Å². The summed E-state index contributed by atoms with van der Waals surface area (Å²) >= 11 is 1.66. The zero-order valence-corrected chi connectivity index (χ0v) is 12.7. The zero-order valence-electron chi connectivity index (χ0n) is 11.9. The Morgan fingerprint density at radius 3 is 2.48 bits per heavy atom. The fraction of sp³-hybridized carbons (Fsp3) is 0.200. The van der Waals surface area contributed by atoms with Gasteiger partial charge in [0.25, 0.3) is 0 Å². The van der Waals surface area contributed by atoms with Crippen LogP contribution in [0.15, 0.2) is 47.8 Å². The molecule has 21 heavy (non-hydrogen) atoms. The van der Waals surface area contributed by atoms with Crippen molar-refractivity contribution in [2.24, 2.45) is 0 Å². The van der Waals surface area contributed by atoms with Crippen molar-refractivity contribution < 1.29 is 0 Å². The molecule has 0 bridgehead atoms. The highest BCUT2D eigenvalue weighted by Crippen LogP contribution is 2.20. The first-order chi connectivity index (χ1) is 10.2. The third-order valence-corrected chi connectivity index (χ3v) is 3.98. The molecule has 0 saturated heterocycles. The maximum atomic E-state index is 4.40. The van der Waals surface area contributed by atoms with Crippen molar-refractivity contribution in [1.82, 2.24) is 25.0 Å². The second-order valence-electron chi connectivity index (χ2n) is 4.71. The molecule has 0 unspecified atom stereocenters. The Labute approximate surface area is 127 Å². The second kappa shape index (κ2) is 6.05. The van der Waals surface area contributed by atoms with E-state index < -0.39 is 0 Å². The Morgan fingerprint density at radius 1 is 1.05 bits per heavy atom. The summed E-state index contributed by atoms with van der Waals surface area (Å²) in [7, 11) is 0. The van der Waals surface area contributed by atoms with Gasteiger partial charge in [-0.25, -0.2) is 4.68 Å². The van der Waals surface area contributed by atoms with Crippen LogP contribution in [0, 0.1) is 13.8 Å². The van der Waals surface area contributed by atoms with Gasteiger partial charge in [0.05, 0.1) is 5.69 Å². The molecular weight excluding hydrogens is 282 g/mol. The van der Waals surface area contributed by atoms with Gasteiger partial charge >= 0.3 is 0 Å². The van der Waals surface area contributed by atoms with Crippen LogP contribution < -0.4 is 0 Å². The van der Waals surface area contributed by atoms with Gasteiger partial charge in [-0.05, 0) is 49.7 Å². The van der Waals surface area contributed by atoms with Crippen LogP contribution in [0.3, 0.4) is 0 Å². The smallest absolute Gasteiger partial charge is 0.175 e. The largest absolute Gasteiger partial charge is 0.265 e. The van der Waals surface area contributed by atoms with Crippen molar-refractivity contribution in [1.29, 1.82) is 0 Å². The summed E-state index contributed by atoms with van der Waals surface area (Å²) in [6.45, 7) is 3.98. The lowest BCUT2D eigenvalue weighted by Crippen LogP contribution is -2.03. The third-order valence-electron chi connectivity index (χ3n) is 2.99. The molecule has 0 aliphatic rings. The number of pyridine rings is 1. The SMILES string of the molecule is Cc1cc(C)n(-c2ccc(SCc3ccncc3)nn2)n1. The summed E-state index contributed by atoms with van der Waals surface area (Å²) in [5.74, 6) is 1.60. The summed E-state index contributed by atoms with van der Waals surface area (Å²) in [6.07, 6.45) is 3.60. The van der Waals surface area contributed by atoms with E-state index in [9.17, 15) is 0 Å². The van der Waals surface area contributed by atoms with Crippen LogP contribution in [0.5, 0.6) is 0 Å². The van der Waals surface area contributed by atoms with Gasteiger partial charge in [-0.1, -0.05) is 11.8 Å². The van der Waals surface area contributed by atoms with E-state index in [2.05, 4.69) is 20.3 Å². The standard InChI is InChI=1S/C15H15N5S/c1-11-9-12(2)20(19-11)14-3-4-15(18-17-14)21-10-13-5-7-16-8-6-13/h3-9H,10H2,1-2H3. The number of rotatable bonds is 4. The molecule has 0 radical (unpaired) electrons. The van der Waals surface area contributed by atoms with E-state index in [-0.39, 0.29) is 0 Å². The molecule has 3 aromatic rings. The van der Waals surface area contributed by atoms with E-state index in [4.69, 9.17) is 0 Å². The van der Waals surface area contributed by atoms with Crippen LogP contribution in [-0.2, 0) is 5.75 Å². The third kappa shape index (κ3) is 3.28. The highest BCUT2D eigenvalue weighted by molar-refractivity contribution is 7.98. The first-order valence-electron chi connectivity index (χ1n) is 6.61. The molecule has 0 saturated carbocycles. The highest BCUT2D eigenvalue weighted by Gasteiger charge is 2.06. The summed E-state index contributed by atoms with van der Waals surface area (Å²) in [4.78, 5) is 4.01. The maximum absolute atomic E-state index is 4.40. The Bertz CT molecular complexity index is 722. The minimum atomic E-state index is 0.744. The lowest BCUT2D eigenvalue weighted by molar-refractivity contribution is 0.765. The number of nitrogens with zero attached hydrogens (tertiary/aromatic N) is 5. The molecule has 0 N–H and O–H groups in total. The highest BCUT2D eigenvalue weighted by atomic mass is 32.2. The van der Waals surface area contributed by atoms with Gasteiger partial charge in [0.1, 0.15) is 5.03 Å². The van der Waals surface area contributed by atoms with Crippen molar-refractivity contribution >= 4 is 11.8 Å². The number of aryl methyl sites for hydroxylation is 2. The van der Waals surface area contributed by atoms with Gasteiger partial charge in [-0.2, -0.15) is 5.10 Å². The van der Waals surface area contributed by atoms with Crippen molar-refractivity contribution in [3.05, 3.63) is 59.7 Å². The van der Waals surface area contributed by atoms with E-state index in [1.807, 2.05) is 44.2 Å². The van der Waals surface area contributed by atoms with Gasteiger partial charge in [-0.15, -0.1) is 10.2 Å². The first-order valence-corrected chi connectivity index (χ1v) is 7.60. The van der Waals surface area contributed by atoms with Crippen LogP contribution in [0.2, 0.25) is 0 Å². The number of aromatic nitrogens is 5. The fourth-order valence-electron chi connectivity index (χ4n) is 2.00. The second-order valence-corrected chi connectivity index (χ2v) is 5.71. The van der Waals surface area contributed by atoms with Gasteiger partial charge in [0.2, 0.25) is 0 Å². The minimum absolute atomic E-state index is 0.744. The van der Waals surface area contributed by atoms with Crippen LogP contribution >= 0.6 is 11.8 Å². The van der Waals surface area contributed by atoms with Crippen LogP contribution in [0.25, 0.3) is 5.82 Å². The molecule has 6 heteroatoms. The topological polar surface area (TPSA) is 56.5 Å². The van der Waals surface area contributed by atoms with E-state index in [1.165, 1.54) is 5.56 Å². The maximum Gasteiger partial charge on any atom is 0.175 e. The number of hydrogen-bond acceptors (Lipinski definition) is 5. The quantitative estimate of drug-likeness (QED) is 0.693. The summed E-state index contributed by atoms with van der Waals surface area (Å²) in [6, 6.07) is 9.95. The molecule has 5 nitrogen and oxygen atoms in total. The molecule has 3 heterocycles. The van der Waals surface area contributed by atoms with Crippen molar-refractivity contribution in [3.8, 4) is 5.82 Å². The minimum Gasteiger partial charge on any atom is -0.265 e. The molecule has 3 aromatic heterocycles. The Hall–Kier alpha value is -2.21. The Kier molecular flexibility index (Phi) is 3.96. The summed E-state index contributed by atoms with van der Waals surface area (Å²) < 4.78 is 1.81. The molecule has 0 amide bonds. The molecule has 0 aliphatic carbocycles. The van der Waals surface area contributed by atoms with Crippen LogP contribution in [0.4, 0.5) is 0 Å². The van der Waals surface area contributed by atoms with Gasteiger partial charge in [0.15, 0.2) is 5.82 Å². The van der Waals surface area contributed by atoms with Crippen molar-refractivity contribution in [2.45, 2.75) is 24.6 Å². The fourth-order valence-corrected chi connectivity index (χ4v) is 2.77. The molecule has 106 valence electrons. The molecule has 0 atom stereocenters. The number of thioether (sulfide) groups is 1. The first kappa shape index (κ1) is 13.8. The molecule has 0 spiro atoms. The van der Waals surface area contributed by atoms with Crippen molar-refractivity contribution in [3.63, 3.8) is 0 Å². The van der Waals surface area contributed by atoms with E-state index in [0.717, 1.165) is 28.0 Å². The summed E-state index contributed by atoms with van der Waals surface area (Å²) in [5.41, 5.74) is 3.25. The molecular formula is C15H15N5S. The predicted octanol–water partition coefficient (Wildman–Crippen LogP) is 2.97. The zero-order chi connectivity index (χ0) is 14.7. The van der Waals surface area contributed by atoms with E-state index >= 15 is 0 Å². The molecule has 0 aromatic carbocycles. The lowest BCUT2D eigenvalue weighted by atomic mass is 10.3. The van der Waals surface area contributed by atoms with Gasteiger partial charge in [-0.3, -0.25) is 4.98 Å². The average Bonchev–Trinajstić information content (AvgIpc) is 2.85. The monoisotopic (exact) mass is 297 g/mol. The summed E-state index contributed by atoms with van der Waals surface area (Å²) in [5, 5.41) is 13.8.